The highest BCUT2D eigenvalue weighted by Gasteiger charge is 2.26. The molecule has 4 heterocycles. The molecule has 0 saturated carbocycles. The predicted molar refractivity (Wildman–Crippen MR) is 256 cm³/mol. The first kappa shape index (κ1) is 38.7. The van der Waals surface area contributed by atoms with E-state index in [9.17, 15) is 0 Å². The molecule has 6 nitrogen and oxygen atoms in total. The summed E-state index contributed by atoms with van der Waals surface area (Å²) in [5.41, 5.74) is 17.0. The van der Waals surface area contributed by atoms with Crippen LogP contribution in [0.15, 0.2) is 183 Å². The number of para-hydroxylation sites is 4. The number of hydrogen-bond acceptors (Lipinski definition) is 4. The molecule has 10 rings (SSSR count). The van der Waals surface area contributed by atoms with Crippen LogP contribution in [0.2, 0.25) is 0 Å². The maximum atomic E-state index is 5.12. The summed E-state index contributed by atoms with van der Waals surface area (Å²) in [6.07, 6.45) is 7.75. The van der Waals surface area contributed by atoms with Crippen molar-refractivity contribution in [3.05, 3.63) is 194 Å². The largest absolute Gasteiger partial charge is 0.296 e. The van der Waals surface area contributed by atoms with Gasteiger partial charge in [0.15, 0.2) is 0 Å². The highest BCUT2D eigenvalue weighted by molar-refractivity contribution is 5.98. The van der Waals surface area contributed by atoms with E-state index in [4.69, 9.17) is 19.9 Å². The van der Waals surface area contributed by atoms with Gasteiger partial charge in [-0.2, -0.15) is 0 Å². The van der Waals surface area contributed by atoms with Crippen LogP contribution in [0.4, 0.5) is 0 Å². The van der Waals surface area contributed by atoms with Crippen molar-refractivity contribution in [2.24, 2.45) is 0 Å². The fraction of sp³-hybridized carbons (Fsp3) is 0.143. The van der Waals surface area contributed by atoms with Crippen LogP contribution in [0.3, 0.4) is 0 Å². The molecule has 0 N–H and O–H groups in total. The van der Waals surface area contributed by atoms with Crippen molar-refractivity contribution < 1.29 is 0 Å². The lowest BCUT2D eigenvalue weighted by atomic mass is 9.86. The molecule has 6 aromatic carbocycles. The van der Waals surface area contributed by atoms with Crippen LogP contribution in [0.25, 0.3) is 89.1 Å². The Bertz CT molecular complexity index is 3060. The van der Waals surface area contributed by atoms with Crippen LogP contribution in [0.1, 0.15) is 53.2 Å². The summed E-state index contributed by atoms with van der Waals surface area (Å²) in [6, 6.07) is 56.1. The van der Waals surface area contributed by atoms with Gasteiger partial charge in [-0.15, -0.1) is 0 Å². The van der Waals surface area contributed by atoms with Crippen LogP contribution in [0, 0.1) is 0 Å². The molecule has 0 amide bonds. The molecule has 0 fully saturated rings. The van der Waals surface area contributed by atoms with E-state index < -0.39 is 0 Å². The third kappa shape index (κ3) is 6.88. The van der Waals surface area contributed by atoms with Gasteiger partial charge in [0.2, 0.25) is 0 Å². The first-order valence-corrected chi connectivity index (χ1v) is 21.3. The minimum Gasteiger partial charge on any atom is -0.296 e. The maximum absolute atomic E-state index is 5.12. The number of rotatable bonds is 7. The van der Waals surface area contributed by atoms with E-state index in [1.807, 2.05) is 24.8 Å². The minimum atomic E-state index is -0.160. The van der Waals surface area contributed by atoms with Crippen molar-refractivity contribution in [1.82, 2.24) is 29.1 Å². The van der Waals surface area contributed by atoms with Crippen molar-refractivity contribution in [3.8, 4) is 67.0 Å². The second-order valence-electron chi connectivity index (χ2n) is 18.1. The van der Waals surface area contributed by atoms with Crippen molar-refractivity contribution in [2.45, 2.75) is 52.4 Å². The molecule has 0 unspecified atom stereocenters. The smallest absolute Gasteiger partial charge is 0.119 e. The van der Waals surface area contributed by atoms with Crippen molar-refractivity contribution >= 4 is 22.1 Å². The second-order valence-corrected chi connectivity index (χ2v) is 18.1. The summed E-state index contributed by atoms with van der Waals surface area (Å²) in [6.45, 7) is 13.3. The van der Waals surface area contributed by atoms with Crippen LogP contribution in [-0.2, 0) is 10.8 Å². The third-order valence-corrected chi connectivity index (χ3v) is 11.7. The number of nitrogens with zero attached hydrogens (tertiary/aromatic N) is 6. The Labute approximate surface area is 363 Å². The third-order valence-electron chi connectivity index (χ3n) is 11.7. The second kappa shape index (κ2) is 15.2. The summed E-state index contributed by atoms with van der Waals surface area (Å²) in [4.78, 5) is 19.7. The first-order chi connectivity index (χ1) is 30.0. The molecule has 0 aliphatic carbocycles. The van der Waals surface area contributed by atoms with Crippen molar-refractivity contribution in [3.63, 3.8) is 0 Å². The van der Waals surface area contributed by atoms with Gasteiger partial charge in [0, 0.05) is 58.1 Å². The Morgan fingerprint density at radius 2 is 0.726 bits per heavy atom. The summed E-state index contributed by atoms with van der Waals surface area (Å²) in [5, 5.41) is 0. The van der Waals surface area contributed by atoms with E-state index >= 15 is 0 Å². The SMILES string of the molecule is CC(C)(C)c1nc2ccccc2n1-c1cccc(-c2ccccc2-c2ccncc2-c2cnccc2-c2ccccc2-c2cccc(-n3c(C(C)(C)C)nc4ccccc43)c2)c1. The number of aromatic nitrogens is 6. The van der Waals surface area contributed by atoms with E-state index in [2.05, 4.69) is 208 Å². The number of fused-ring (bicyclic) bond motifs is 2. The van der Waals surface area contributed by atoms with Crippen molar-refractivity contribution in [1.29, 1.82) is 0 Å². The minimum absolute atomic E-state index is 0.160. The molecule has 62 heavy (non-hydrogen) atoms. The maximum Gasteiger partial charge on any atom is 0.119 e. The van der Waals surface area contributed by atoms with Crippen molar-refractivity contribution in [2.75, 3.05) is 0 Å². The molecular formula is C56H48N6. The number of hydrogen-bond donors (Lipinski definition) is 0. The van der Waals surface area contributed by atoms with E-state index in [1.165, 1.54) is 0 Å². The predicted octanol–water partition coefficient (Wildman–Crippen LogP) is 14.1. The molecule has 0 radical (unpaired) electrons. The van der Waals surface area contributed by atoms with Gasteiger partial charge in [-0.05, 0) is 105 Å². The molecule has 0 atom stereocenters. The highest BCUT2D eigenvalue weighted by Crippen LogP contribution is 2.44. The Morgan fingerprint density at radius 3 is 1.15 bits per heavy atom. The van der Waals surface area contributed by atoms with Gasteiger partial charge in [-0.25, -0.2) is 9.97 Å². The van der Waals surface area contributed by atoms with E-state index in [0.29, 0.717) is 0 Å². The monoisotopic (exact) mass is 804 g/mol. The van der Waals surface area contributed by atoms with Crippen LogP contribution >= 0.6 is 0 Å². The van der Waals surface area contributed by atoms with E-state index in [1.54, 1.807) is 0 Å². The Hall–Kier alpha value is -7.44. The number of benzene rings is 6. The number of imidazole rings is 2. The zero-order valence-corrected chi connectivity index (χ0v) is 36.0. The fourth-order valence-corrected chi connectivity index (χ4v) is 8.83. The molecule has 0 bridgehead atoms. The van der Waals surface area contributed by atoms with Crippen LogP contribution < -0.4 is 0 Å². The van der Waals surface area contributed by atoms with E-state index in [0.717, 1.165) is 101 Å². The lowest BCUT2D eigenvalue weighted by Gasteiger charge is -2.21. The Balaban J connectivity index is 1.09. The van der Waals surface area contributed by atoms with Gasteiger partial charge in [0.25, 0.3) is 0 Å². The molecule has 0 saturated heterocycles. The number of pyridine rings is 2. The standard InChI is InChI=1S/C56H48N6/c1-55(2,3)53-59-49-25-11-13-27-51(49)61(53)39-19-15-17-37(33-39)41-21-7-9-23-43(41)45-29-31-57-35-47(45)48-36-58-32-30-46(48)44-24-10-8-22-42(44)38-18-16-20-40(34-38)62-52-28-14-12-26-50(52)60-54(62)56(4,5)6/h7-36H,1-6H3. The molecule has 302 valence electrons. The molecule has 10 aromatic rings. The average molecular weight is 805 g/mol. The van der Waals surface area contributed by atoms with Crippen LogP contribution in [0.5, 0.6) is 0 Å². The zero-order valence-electron chi connectivity index (χ0n) is 36.0. The Kier molecular flexibility index (Phi) is 9.52. The molecule has 6 heteroatoms. The van der Waals surface area contributed by atoms with Gasteiger partial charge >= 0.3 is 0 Å². The van der Waals surface area contributed by atoms with E-state index in [-0.39, 0.29) is 10.8 Å². The topological polar surface area (TPSA) is 61.4 Å². The van der Waals surface area contributed by atoms with Gasteiger partial charge in [0.05, 0.1) is 22.1 Å². The Morgan fingerprint density at radius 1 is 0.355 bits per heavy atom. The summed E-state index contributed by atoms with van der Waals surface area (Å²) < 4.78 is 4.63. The average Bonchev–Trinajstić information content (AvgIpc) is 3.90. The lowest BCUT2D eigenvalue weighted by Crippen LogP contribution is -2.18. The van der Waals surface area contributed by atoms with Gasteiger partial charge in [-0.1, -0.05) is 139 Å². The molecular weight excluding hydrogens is 757 g/mol. The van der Waals surface area contributed by atoms with Gasteiger partial charge in [0.1, 0.15) is 11.6 Å². The normalized spacial score (nSPS) is 12.0. The van der Waals surface area contributed by atoms with Gasteiger partial charge < -0.3 is 0 Å². The summed E-state index contributed by atoms with van der Waals surface area (Å²) in [7, 11) is 0. The molecule has 4 aromatic heterocycles. The molecule has 0 spiro atoms. The first-order valence-electron chi connectivity index (χ1n) is 21.3. The quantitative estimate of drug-likeness (QED) is 0.161. The lowest BCUT2D eigenvalue weighted by molar-refractivity contribution is 0.539. The van der Waals surface area contributed by atoms with Gasteiger partial charge in [-0.3, -0.25) is 19.1 Å². The summed E-state index contributed by atoms with van der Waals surface area (Å²) in [5.74, 6) is 2.06. The fourth-order valence-electron chi connectivity index (χ4n) is 8.83. The zero-order chi connectivity index (χ0) is 42.6. The highest BCUT2D eigenvalue weighted by atomic mass is 15.1. The summed E-state index contributed by atoms with van der Waals surface area (Å²) >= 11 is 0. The van der Waals surface area contributed by atoms with Crippen LogP contribution in [-0.4, -0.2) is 29.1 Å². The molecule has 0 aliphatic rings. The molecule has 0 aliphatic heterocycles.